The van der Waals surface area contributed by atoms with Gasteiger partial charge in [-0.2, -0.15) is 0 Å². The minimum absolute atomic E-state index is 1.09. The van der Waals surface area contributed by atoms with Gasteiger partial charge >= 0.3 is 0 Å². The highest BCUT2D eigenvalue weighted by atomic mass is 32.2. The summed E-state index contributed by atoms with van der Waals surface area (Å²) in [4.78, 5) is 10.1. The molecule has 0 aliphatic rings. The van der Waals surface area contributed by atoms with Gasteiger partial charge in [0.05, 0.1) is 11.7 Å². The predicted molar refractivity (Wildman–Crippen MR) is 84.2 cm³/mol. The summed E-state index contributed by atoms with van der Waals surface area (Å²) in [6.45, 7) is 0. The molecule has 0 radical (unpaired) electrons. The van der Waals surface area contributed by atoms with Crippen molar-refractivity contribution in [3.8, 4) is 0 Å². The topological polar surface area (TPSA) is 28.7 Å². The van der Waals surface area contributed by atoms with E-state index in [1.165, 1.54) is 20.6 Å². The summed E-state index contributed by atoms with van der Waals surface area (Å²) in [5.41, 5.74) is 2.25. The Balaban J connectivity index is 1.95. The Labute approximate surface area is 120 Å². The molecule has 2 heterocycles. The zero-order valence-corrected chi connectivity index (χ0v) is 11.5. The lowest BCUT2D eigenvalue weighted by Gasteiger charge is -2.03. The molecule has 0 amide bonds. The second kappa shape index (κ2) is 4.69. The number of hydrogen-bond donors (Lipinski definition) is 1. The van der Waals surface area contributed by atoms with Gasteiger partial charge < -0.3 is 4.98 Å². The minimum Gasteiger partial charge on any atom is -0.353 e. The molecule has 0 saturated heterocycles. The monoisotopic (exact) mass is 276 g/mol. The summed E-state index contributed by atoms with van der Waals surface area (Å²) < 4.78 is 0. The second-order valence-electron chi connectivity index (χ2n) is 4.64. The van der Waals surface area contributed by atoms with Crippen LogP contribution in [-0.2, 0) is 0 Å². The number of H-pyrrole nitrogens is 1. The lowest BCUT2D eigenvalue weighted by molar-refractivity contribution is 1.35. The standard InChI is InChI=1S/C17H12N2S/c1-2-5-12(6-3-1)20-16-8-4-7-14-17(16)13-9-10-18-11-15(13)19-14/h1-11,19H. The van der Waals surface area contributed by atoms with Crippen molar-refractivity contribution in [2.24, 2.45) is 0 Å². The summed E-state index contributed by atoms with van der Waals surface area (Å²) in [6.07, 6.45) is 3.73. The summed E-state index contributed by atoms with van der Waals surface area (Å²) in [5.74, 6) is 0. The molecule has 0 saturated carbocycles. The van der Waals surface area contributed by atoms with Gasteiger partial charge in [-0.15, -0.1) is 0 Å². The summed E-state index contributed by atoms with van der Waals surface area (Å²) in [7, 11) is 0. The molecule has 0 atom stereocenters. The molecular weight excluding hydrogens is 264 g/mol. The lowest BCUT2D eigenvalue weighted by Crippen LogP contribution is -1.76. The number of pyridine rings is 1. The molecule has 4 rings (SSSR count). The first kappa shape index (κ1) is 11.6. The molecule has 2 aromatic carbocycles. The minimum atomic E-state index is 1.09. The largest absolute Gasteiger partial charge is 0.353 e. The van der Waals surface area contributed by atoms with E-state index in [0.717, 1.165) is 11.0 Å². The molecular formula is C17H12N2S. The van der Waals surface area contributed by atoms with Crippen LogP contribution in [0.5, 0.6) is 0 Å². The maximum Gasteiger partial charge on any atom is 0.0651 e. The van der Waals surface area contributed by atoms with Crippen LogP contribution in [0.3, 0.4) is 0 Å². The maximum atomic E-state index is 4.18. The van der Waals surface area contributed by atoms with Gasteiger partial charge in [-0.05, 0) is 30.3 Å². The third-order valence-electron chi connectivity index (χ3n) is 3.36. The molecule has 3 heteroatoms. The molecule has 2 nitrogen and oxygen atoms in total. The maximum absolute atomic E-state index is 4.18. The van der Waals surface area contributed by atoms with Gasteiger partial charge in [0.2, 0.25) is 0 Å². The van der Waals surface area contributed by atoms with Crippen LogP contribution >= 0.6 is 11.8 Å². The first-order valence-electron chi connectivity index (χ1n) is 6.49. The van der Waals surface area contributed by atoms with E-state index in [4.69, 9.17) is 0 Å². The molecule has 0 aliphatic heterocycles. The van der Waals surface area contributed by atoms with Crippen LogP contribution < -0.4 is 0 Å². The first-order chi connectivity index (χ1) is 9.92. The van der Waals surface area contributed by atoms with E-state index in [0.29, 0.717) is 0 Å². The van der Waals surface area contributed by atoms with Crippen LogP contribution in [0.15, 0.2) is 76.8 Å². The van der Waals surface area contributed by atoms with Crippen molar-refractivity contribution >= 4 is 33.6 Å². The van der Waals surface area contributed by atoms with E-state index < -0.39 is 0 Å². The Hall–Kier alpha value is -2.26. The van der Waals surface area contributed by atoms with E-state index in [1.54, 1.807) is 11.8 Å². The fraction of sp³-hybridized carbons (Fsp3) is 0. The predicted octanol–water partition coefficient (Wildman–Crippen LogP) is 4.87. The Morgan fingerprint density at radius 2 is 1.75 bits per heavy atom. The van der Waals surface area contributed by atoms with Crippen molar-refractivity contribution in [2.75, 3.05) is 0 Å². The molecule has 0 unspecified atom stereocenters. The van der Waals surface area contributed by atoms with Gasteiger partial charge in [0.15, 0.2) is 0 Å². The number of aromatic amines is 1. The quantitative estimate of drug-likeness (QED) is 0.566. The van der Waals surface area contributed by atoms with Gasteiger partial charge in [-0.3, -0.25) is 4.98 Å². The number of fused-ring (bicyclic) bond motifs is 3. The third-order valence-corrected chi connectivity index (χ3v) is 4.42. The van der Waals surface area contributed by atoms with Crippen molar-refractivity contribution in [3.05, 3.63) is 67.0 Å². The molecule has 0 spiro atoms. The Kier molecular flexibility index (Phi) is 2.71. The van der Waals surface area contributed by atoms with E-state index >= 15 is 0 Å². The van der Waals surface area contributed by atoms with E-state index in [9.17, 15) is 0 Å². The summed E-state index contributed by atoms with van der Waals surface area (Å²) in [5, 5.41) is 2.51. The van der Waals surface area contributed by atoms with Crippen LogP contribution in [0.2, 0.25) is 0 Å². The second-order valence-corrected chi connectivity index (χ2v) is 5.76. The molecule has 20 heavy (non-hydrogen) atoms. The molecule has 1 N–H and O–H groups in total. The van der Waals surface area contributed by atoms with Crippen LogP contribution in [0, 0.1) is 0 Å². The molecule has 96 valence electrons. The van der Waals surface area contributed by atoms with E-state index in [-0.39, 0.29) is 0 Å². The van der Waals surface area contributed by atoms with Crippen molar-refractivity contribution in [3.63, 3.8) is 0 Å². The van der Waals surface area contributed by atoms with Crippen molar-refractivity contribution in [2.45, 2.75) is 9.79 Å². The first-order valence-corrected chi connectivity index (χ1v) is 7.31. The highest BCUT2D eigenvalue weighted by Crippen LogP contribution is 2.37. The number of nitrogens with zero attached hydrogens (tertiary/aromatic N) is 1. The number of aromatic nitrogens is 2. The van der Waals surface area contributed by atoms with Gasteiger partial charge in [0, 0.05) is 32.3 Å². The highest BCUT2D eigenvalue weighted by Gasteiger charge is 2.09. The smallest absolute Gasteiger partial charge is 0.0651 e. The molecule has 2 aromatic heterocycles. The van der Waals surface area contributed by atoms with Crippen molar-refractivity contribution < 1.29 is 0 Å². The average Bonchev–Trinajstić information content (AvgIpc) is 2.88. The van der Waals surface area contributed by atoms with Crippen molar-refractivity contribution in [1.82, 2.24) is 9.97 Å². The van der Waals surface area contributed by atoms with Crippen molar-refractivity contribution in [1.29, 1.82) is 0 Å². The normalized spacial score (nSPS) is 11.2. The van der Waals surface area contributed by atoms with Gasteiger partial charge in [-0.1, -0.05) is 36.0 Å². The Morgan fingerprint density at radius 1 is 0.850 bits per heavy atom. The fourth-order valence-electron chi connectivity index (χ4n) is 2.47. The highest BCUT2D eigenvalue weighted by molar-refractivity contribution is 7.99. The molecule has 0 fully saturated rings. The van der Waals surface area contributed by atoms with Crippen LogP contribution in [0.25, 0.3) is 21.8 Å². The molecule has 0 bridgehead atoms. The zero-order valence-electron chi connectivity index (χ0n) is 10.7. The fourth-order valence-corrected chi connectivity index (χ4v) is 3.49. The lowest BCUT2D eigenvalue weighted by atomic mass is 10.2. The zero-order chi connectivity index (χ0) is 13.4. The van der Waals surface area contributed by atoms with Gasteiger partial charge in [0.25, 0.3) is 0 Å². The number of hydrogen-bond acceptors (Lipinski definition) is 2. The van der Waals surface area contributed by atoms with Crippen LogP contribution in [-0.4, -0.2) is 9.97 Å². The number of rotatable bonds is 2. The van der Waals surface area contributed by atoms with Gasteiger partial charge in [-0.25, -0.2) is 0 Å². The van der Waals surface area contributed by atoms with Gasteiger partial charge in [0.1, 0.15) is 0 Å². The Bertz CT molecular complexity index is 881. The third kappa shape index (κ3) is 1.87. The van der Waals surface area contributed by atoms with E-state index in [1.807, 2.05) is 18.5 Å². The number of benzene rings is 2. The Morgan fingerprint density at radius 3 is 2.65 bits per heavy atom. The van der Waals surface area contributed by atoms with E-state index in [2.05, 4.69) is 58.5 Å². The molecule has 4 aromatic rings. The summed E-state index contributed by atoms with van der Waals surface area (Å²) in [6, 6.07) is 18.9. The summed E-state index contributed by atoms with van der Waals surface area (Å²) >= 11 is 1.80. The molecule has 0 aliphatic carbocycles. The van der Waals surface area contributed by atoms with Crippen LogP contribution in [0.4, 0.5) is 0 Å². The van der Waals surface area contributed by atoms with Crippen LogP contribution in [0.1, 0.15) is 0 Å². The average molecular weight is 276 g/mol. The SMILES string of the molecule is c1ccc(Sc2cccc3[nH]c4cnccc4c23)cc1. The number of nitrogens with one attached hydrogen (secondary N) is 1.